The maximum absolute atomic E-state index is 10.8. The van der Waals surface area contributed by atoms with Gasteiger partial charge in [0, 0.05) is 12.3 Å². The molecule has 94 valence electrons. The molecule has 0 aliphatic carbocycles. The normalized spacial score (nSPS) is 10.6. The number of hydrogen-bond donors (Lipinski definition) is 1. The number of aromatic nitrogens is 2. The standard InChI is InChI=1S/C11H11ClN4O2/c1-7-9(12)6-15(14-7)5-8-2-3-10(13)11(4-8)16(17)18/h2-4,6H,5,13H2,1H3. The van der Waals surface area contributed by atoms with Gasteiger partial charge in [-0.3, -0.25) is 14.8 Å². The van der Waals surface area contributed by atoms with Gasteiger partial charge in [0.25, 0.3) is 5.69 Å². The first kappa shape index (κ1) is 12.4. The van der Waals surface area contributed by atoms with Gasteiger partial charge in [-0.25, -0.2) is 0 Å². The van der Waals surface area contributed by atoms with Crippen LogP contribution in [0.1, 0.15) is 11.3 Å². The Balaban J connectivity index is 2.29. The molecule has 2 aromatic rings. The highest BCUT2D eigenvalue weighted by molar-refractivity contribution is 6.31. The van der Waals surface area contributed by atoms with Crippen LogP contribution < -0.4 is 5.73 Å². The number of halogens is 1. The van der Waals surface area contributed by atoms with Crippen LogP contribution in [0.25, 0.3) is 0 Å². The number of aryl methyl sites for hydroxylation is 1. The third-order valence-electron chi connectivity index (χ3n) is 2.52. The van der Waals surface area contributed by atoms with Gasteiger partial charge < -0.3 is 5.73 Å². The molecule has 0 radical (unpaired) electrons. The predicted molar refractivity (Wildman–Crippen MR) is 68.6 cm³/mol. The van der Waals surface area contributed by atoms with Gasteiger partial charge in [0.2, 0.25) is 0 Å². The summed E-state index contributed by atoms with van der Waals surface area (Å²) in [5.41, 5.74) is 7.05. The van der Waals surface area contributed by atoms with Crippen LogP contribution in [0.3, 0.4) is 0 Å². The molecule has 0 amide bonds. The molecule has 0 unspecified atom stereocenters. The summed E-state index contributed by atoms with van der Waals surface area (Å²) in [7, 11) is 0. The Bertz CT molecular complexity index is 590. The molecule has 0 saturated heterocycles. The molecule has 0 spiro atoms. The average Bonchev–Trinajstić information content (AvgIpc) is 2.60. The zero-order chi connectivity index (χ0) is 13.3. The van der Waals surface area contributed by atoms with Gasteiger partial charge in [-0.15, -0.1) is 0 Å². The lowest BCUT2D eigenvalue weighted by Crippen LogP contribution is -2.02. The number of hydrogen-bond acceptors (Lipinski definition) is 4. The van der Waals surface area contributed by atoms with Crippen molar-refractivity contribution in [2.75, 3.05) is 5.73 Å². The molecule has 0 aliphatic heterocycles. The molecule has 0 bridgehead atoms. The van der Waals surface area contributed by atoms with Crippen LogP contribution in [0.2, 0.25) is 5.02 Å². The number of benzene rings is 1. The highest BCUT2D eigenvalue weighted by Gasteiger charge is 2.12. The van der Waals surface area contributed by atoms with Gasteiger partial charge in [0.1, 0.15) is 5.69 Å². The first-order valence-corrected chi connectivity index (χ1v) is 5.57. The highest BCUT2D eigenvalue weighted by atomic mass is 35.5. The molecule has 1 aromatic carbocycles. The summed E-state index contributed by atoms with van der Waals surface area (Å²) in [6.45, 7) is 2.21. The Hall–Kier alpha value is -2.08. The van der Waals surface area contributed by atoms with Gasteiger partial charge in [-0.05, 0) is 18.6 Å². The van der Waals surface area contributed by atoms with Crippen molar-refractivity contribution in [3.63, 3.8) is 0 Å². The van der Waals surface area contributed by atoms with Crippen molar-refractivity contribution < 1.29 is 4.92 Å². The number of nitro groups is 1. The first-order valence-electron chi connectivity index (χ1n) is 5.19. The van der Waals surface area contributed by atoms with Gasteiger partial charge >= 0.3 is 0 Å². The van der Waals surface area contributed by atoms with Crippen molar-refractivity contribution in [3.8, 4) is 0 Å². The molecule has 0 saturated carbocycles. The Morgan fingerprint density at radius 2 is 2.28 bits per heavy atom. The minimum Gasteiger partial charge on any atom is -0.393 e. The van der Waals surface area contributed by atoms with E-state index in [1.807, 2.05) is 0 Å². The fraction of sp³-hybridized carbons (Fsp3) is 0.182. The summed E-state index contributed by atoms with van der Waals surface area (Å²) in [5.74, 6) is 0. The van der Waals surface area contributed by atoms with Crippen LogP contribution in [0.5, 0.6) is 0 Å². The highest BCUT2D eigenvalue weighted by Crippen LogP contribution is 2.23. The second-order valence-electron chi connectivity index (χ2n) is 3.91. The summed E-state index contributed by atoms with van der Waals surface area (Å²) in [4.78, 5) is 10.3. The number of anilines is 1. The molecule has 6 nitrogen and oxygen atoms in total. The number of nitrogens with two attached hydrogens (primary N) is 1. The zero-order valence-electron chi connectivity index (χ0n) is 9.63. The van der Waals surface area contributed by atoms with Crippen LogP contribution in [-0.2, 0) is 6.54 Å². The van der Waals surface area contributed by atoms with Crippen LogP contribution in [0.4, 0.5) is 11.4 Å². The number of nitrogen functional groups attached to an aromatic ring is 1. The monoisotopic (exact) mass is 266 g/mol. The SMILES string of the molecule is Cc1nn(Cc2ccc(N)c([N+](=O)[O-])c2)cc1Cl. The lowest BCUT2D eigenvalue weighted by molar-refractivity contribution is -0.384. The molecular weight excluding hydrogens is 256 g/mol. The molecule has 0 aliphatic rings. The van der Waals surface area contributed by atoms with E-state index in [2.05, 4.69) is 5.10 Å². The van der Waals surface area contributed by atoms with Gasteiger partial charge in [-0.2, -0.15) is 5.10 Å². The smallest absolute Gasteiger partial charge is 0.292 e. The summed E-state index contributed by atoms with van der Waals surface area (Å²) in [6.07, 6.45) is 1.68. The van der Waals surface area contributed by atoms with Gasteiger partial charge in [-0.1, -0.05) is 17.7 Å². The second-order valence-corrected chi connectivity index (χ2v) is 4.32. The Labute approximate surface area is 108 Å². The summed E-state index contributed by atoms with van der Waals surface area (Å²) >= 11 is 5.89. The molecule has 0 atom stereocenters. The number of rotatable bonds is 3. The van der Waals surface area contributed by atoms with Crippen molar-refractivity contribution in [1.82, 2.24) is 9.78 Å². The van der Waals surface area contributed by atoms with E-state index in [0.29, 0.717) is 11.6 Å². The van der Waals surface area contributed by atoms with Crippen molar-refractivity contribution >= 4 is 23.0 Å². The maximum Gasteiger partial charge on any atom is 0.292 e. The number of nitro benzene ring substituents is 1. The minimum absolute atomic E-state index is 0.0949. The van der Waals surface area contributed by atoms with Crippen LogP contribution in [0, 0.1) is 17.0 Å². The maximum atomic E-state index is 10.8. The van der Waals surface area contributed by atoms with Crippen molar-refractivity contribution in [2.45, 2.75) is 13.5 Å². The van der Waals surface area contributed by atoms with Crippen LogP contribution in [-0.4, -0.2) is 14.7 Å². The van der Waals surface area contributed by atoms with Crippen molar-refractivity contribution in [1.29, 1.82) is 0 Å². The van der Waals surface area contributed by atoms with E-state index in [1.54, 1.807) is 23.9 Å². The zero-order valence-corrected chi connectivity index (χ0v) is 10.4. The molecule has 1 aromatic heterocycles. The van der Waals surface area contributed by atoms with E-state index in [0.717, 1.165) is 11.3 Å². The minimum atomic E-state index is -0.500. The Kier molecular flexibility index (Phi) is 3.20. The lowest BCUT2D eigenvalue weighted by Gasteiger charge is -2.03. The summed E-state index contributed by atoms with van der Waals surface area (Å²) in [6, 6.07) is 4.69. The summed E-state index contributed by atoms with van der Waals surface area (Å²) in [5, 5.41) is 15.5. The fourth-order valence-corrected chi connectivity index (χ4v) is 1.76. The molecule has 7 heteroatoms. The number of nitrogens with zero attached hydrogens (tertiary/aromatic N) is 3. The Morgan fingerprint density at radius 3 is 2.83 bits per heavy atom. The van der Waals surface area contributed by atoms with Gasteiger partial charge in [0.15, 0.2) is 0 Å². The molecular formula is C11H11ClN4O2. The molecule has 1 heterocycles. The second kappa shape index (κ2) is 4.66. The van der Waals surface area contributed by atoms with E-state index in [1.165, 1.54) is 12.1 Å². The van der Waals surface area contributed by atoms with Crippen molar-refractivity contribution in [2.24, 2.45) is 0 Å². The van der Waals surface area contributed by atoms with E-state index >= 15 is 0 Å². The third kappa shape index (κ3) is 2.43. The average molecular weight is 267 g/mol. The molecule has 0 fully saturated rings. The lowest BCUT2D eigenvalue weighted by atomic mass is 10.2. The predicted octanol–water partition coefficient (Wildman–Crippen LogP) is 2.38. The van der Waals surface area contributed by atoms with E-state index < -0.39 is 4.92 Å². The molecule has 2 N–H and O–H groups in total. The third-order valence-corrected chi connectivity index (χ3v) is 2.89. The summed E-state index contributed by atoms with van der Waals surface area (Å²) < 4.78 is 1.63. The molecule has 2 rings (SSSR count). The van der Waals surface area contributed by atoms with Gasteiger partial charge in [0.05, 0.1) is 22.2 Å². The Morgan fingerprint density at radius 1 is 1.56 bits per heavy atom. The fourth-order valence-electron chi connectivity index (χ4n) is 1.61. The largest absolute Gasteiger partial charge is 0.393 e. The first-order chi connectivity index (χ1) is 8.47. The quantitative estimate of drug-likeness (QED) is 0.525. The molecule has 18 heavy (non-hydrogen) atoms. The van der Waals surface area contributed by atoms with E-state index in [-0.39, 0.29) is 11.4 Å². The van der Waals surface area contributed by atoms with E-state index in [4.69, 9.17) is 17.3 Å². The van der Waals surface area contributed by atoms with Crippen LogP contribution in [0.15, 0.2) is 24.4 Å². The topological polar surface area (TPSA) is 87.0 Å². The van der Waals surface area contributed by atoms with E-state index in [9.17, 15) is 10.1 Å². The van der Waals surface area contributed by atoms with Crippen LogP contribution >= 0.6 is 11.6 Å². The van der Waals surface area contributed by atoms with Crippen molar-refractivity contribution in [3.05, 3.63) is 50.8 Å².